The molecule has 0 saturated carbocycles. The van der Waals surface area contributed by atoms with Crippen molar-refractivity contribution >= 4 is 11.9 Å². The second-order valence-corrected chi connectivity index (χ2v) is 4.06. The van der Waals surface area contributed by atoms with Crippen LogP contribution in [0.1, 0.15) is 65.7 Å². The summed E-state index contributed by atoms with van der Waals surface area (Å²) in [6.45, 7) is 4.72. The first-order chi connectivity index (χ1) is 8.50. The third kappa shape index (κ3) is 29.3. The lowest BCUT2D eigenvalue weighted by molar-refractivity contribution is -0.136. The van der Waals surface area contributed by atoms with Crippen LogP contribution in [0.3, 0.4) is 0 Å². The Kier molecular flexibility index (Phi) is 16.6. The molecule has 0 bridgehead atoms. The molecule has 0 aliphatic rings. The molecule has 4 nitrogen and oxygen atoms in total. The van der Waals surface area contributed by atoms with Gasteiger partial charge in [-0.3, -0.25) is 9.59 Å². The molecule has 0 aromatic heterocycles. The number of carboxylic acids is 1. The van der Waals surface area contributed by atoms with Crippen LogP contribution in [0.4, 0.5) is 0 Å². The average molecular weight is 258 g/mol. The SMILES string of the molecule is CC(=O)O.CCCCCCCCC=COC(C)=O. The lowest BCUT2D eigenvalue weighted by Crippen LogP contribution is -1.89. The van der Waals surface area contributed by atoms with Gasteiger partial charge >= 0.3 is 5.97 Å². The quantitative estimate of drug-likeness (QED) is 0.407. The van der Waals surface area contributed by atoms with E-state index in [-0.39, 0.29) is 5.97 Å². The van der Waals surface area contributed by atoms with Crippen LogP contribution in [-0.2, 0) is 14.3 Å². The van der Waals surface area contributed by atoms with Crippen LogP contribution in [0.25, 0.3) is 0 Å². The summed E-state index contributed by atoms with van der Waals surface area (Å²) in [7, 11) is 0. The predicted octanol–water partition coefficient (Wildman–Crippen LogP) is 3.90. The van der Waals surface area contributed by atoms with Gasteiger partial charge in [-0.15, -0.1) is 0 Å². The highest BCUT2D eigenvalue weighted by molar-refractivity contribution is 5.66. The van der Waals surface area contributed by atoms with Crippen LogP contribution < -0.4 is 0 Å². The van der Waals surface area contributed by atoms with E-state index in [1.807, 2.05) is 6.08 Å². The molecule has 4 heteroatoms. The molecule has 0 unspecified atom stereocenters. The molecule has 0 saturated heterocycles. The minimum absolute atomic E-state index is 0.246. The summed E-state index contributed by atoms with van der Waals surface area (Å²) in [5.74, 6) is -1.08. The second-order valence-electron chi connectivity index (χ2n) is 4.06. The van der Waals surface area contributed by atoms with E-state index in [9.17, 15) is 4.79 Å². The van der Waals surface area contributed by atoms with Gasteiger partial charge in [0.1, 0.15) is 0 Å². The predicted molar refractivity (Wildman–Crippen MR) is 72.2 cm³/mol. The number of hydrogen-bond donors (Lipinski definition) is 1. The lowest BCUT2D eigenvalue weighted by atomic mass is 10.1. The molecule has 106 valence electrons. The molecule has 1 N–H and O–H groups in total. The first kappa shape index (κ1) is 19.0. The molecule has 0 fully saturated rings. The summed E-state index contributed by atoms with van der Waals surface area (Å²) >= 11 is 0. The summed E-state index contributed by atoms with van der Waals surface area (Å²) in [6, 6.07) is 0. The largest absolute Gasteiger partial charge is 0.481 e. The van der Waals surface area contributed by atoms with Crippen LogP contribution in [0.15, 0.2) is 12.3 Å². The second kappa shape index (κ2) is 15.7. The van der Waals surface area contributed by atoms with Crippen molar-refractivity contribution in [1.29, 1.82) is 0 Å². The van der Waals surface area contributed by atoms with E-state index in [0.29, 0.717) is 0 Å². The summed E-state index contributed by atoms with van der Waals surface area (Å²) in [5.41, 5.74) is 0. The molecule has 18 heavy (non-hydrogen) atoms. The van der Waals surface area contributed by atoms with E-state index in [0.717, 1.165) is 13.3 Å². The average Bonchev–Trinajstić information content (AvgIpc) is 2.26. The van der Waals surface area contributed by atoms with E-state index in [1.54, 1.807) is 0 Å². The number of esters is 1. The molecule has 0 aromatic carbocycles. The van der Waals surface area contributed by atoms with Crippen LogP contribution in [0.5, 0.6) is 0 Å². The van der Waals surface area contributed by atoms with Gasteiger partial charge in [0.05, 0.1) is 6.26 Å². The number of allylic oxidation sites excluding steroid dienone is 1. The molecule has 0 heterocycles. The Morgan fingerprint density at radius 1 is 1.06 bits per heavy atom. The molecule has 0 aromatic rings. The highest BCUT2D eigenvalue weighted by Gasteiger charge is 1.88. The highest BCUT2D eigenvalue weighted by Crippen LogP contribution is 2.06. The maximum Gasteiger partial charge on any atom is 0.307 e. The zero-order valence-corrected chi connectivity index (χ0v) is 11.8. The van der Waals surface area contributed by atoms with Gasteiger partial charge in [0.2, 0.25) is 0 Å². The summed E-state index contributed by atoms with van der Waals surface area (Å²) in [4.78, 5) is 19.4. The van der Waals surface area contributed by atoms with E-state index in [2.05, 4.69) is 11.7 Å². The molecule has 0 radical (unpaired) electrons. The smallest absolute Gasteiger partial charge is 0.307 e. The molecular weight excluding hydrogens is 232 g/mol. The number of carbonyl (C=O) groups excluding carboxylic acids is 1. The van der Waals surface area contributed by atoms with E-state index >= 15 is 0 Å². The Bertz CT molecular complexity index is 230. The fraction of sp³-hybridized carbons (Fsp3) is 0.714. The minimum atomic E-state index is -0.833. The summed E-state index contributed by atoms with van der Waals surface area (Å²) in [5, 5.41) is 7.42. The molecule has 0 spiro atoms. The van der Waals surface area contributed by atoms with Crippen molar-refractivity contribution in [3.05, 3.63) is 12.3 Å². The molecule has 0 aliphatic carbocycles. The number of ether oxygens (including phenoxy) is 1. The Hall–Kier alpha value is -1.32. The normalized spacial score (nSPS) is 9.72. The molecular formula is C14H26O4. The monoisotopic (exact) mass is 258 g/mol. The summed E-state index contributed by atoms with van der Waals surface area (Å²) in [6.07, 6.45) is 12.2. The maximum absolute atomic E-state index is 10.4. The Labute approximate surface area is 110 Å². The summed E-state index contributed by atoms with van der Waals surface area (Å²) < 4.78 is 4.67. The van der Waals surface area contributed by atoms with E-state index in [4.69, 9.17) is 9.90 Å². The van der Waals surface area contributed by atoms with Crippen molar-refractivity contribution in [2.45, 2.75) is 65.7 Å². The maximum atomic E-state index is 10.4. The first-order valence-corrected chi connectivity index (χ1v) is 6.52. The number of hydrogen-bond acceptors (Lipinski definition) is 3. The van der Waals surface area contributed by atoms with Crippen molar-refractivity contribution in [3.8, 4) is 0 Å². The van der Waals surface area contributed by atoms with Crippen molar-refractivity contribution in [2.24, 2.45) is 0 Å². The van der Waals surface area contributed by atoms with Crippen LogP contribution in [0.2, 0.25) is 0 Å². The van der Waals surface area contributed by atoms with Crippen molar-refractivity contribution < 1.29 is 19.4 Å². The fourth-order valence-corrected chi connectivity index (χ4v) is 1.25. The van der Waals surface area contributed by atoms with Gasteiger partial charge in [0.25, 0.3) is 5.97 Å². The third-order valence-electron chi connectivity index (χ3n) is 2.05. The van der Waals surface area contributed by atoms with Crippen LogP contribution in [-0.4, -0.2) is 17.0 Å². The van der Waals surface area contributed by atoms with Crippen molar-refractivity contribution in [1.82, 2.24) is 0 Å². The van der Waals surface area contributed by atoms with Gasteiger partial charge in [0, 0.05) is 13.8 Å². The Morgan fingerprint density at radius 3 is 2.06 bits per heavy atom. The number of unbranched alkanes of at least 4 members (excludes halogenated alkanes) is 6. The topological polar surface area (TPSA) is 63.6 Å². The minimum Gasteiger partial charge on any atom is -0.481 e. The molecule has 0 atom stereocenters. The van der Waals surface area contributed by atoms with E-state index in [1.165, 1.54) is 51.7 Å². The third-order valence-corrected chi connectivity index (χ3v) is 2.05. The van der Waals surface area contributed by atoms with Gasteiger partial charge in [-0.1, -0.05) is 39.0 Å². The van der Waals surface area contributed by atoms with E-state index < -0.39 is 5.97 Å². The van der Waals surface area contributed by atoms with Gasteiger partial charge in [0.15, 0.2) is 0 Å². The van der Waals surface area contributed by atoms with Gasteiger partial charge in [-0.05, 0) is 18.9 Å². The van der Waals surface area contributed by atoms with Crippen molar-refractivity contribution in [3.63, 3.8) is 0 Å². The lowest BCUT2D eigenvalue weighted by Gasteiger charge is -1.97. The molecule has 0 rings (SSSR count). The van der Waals surface area contributed by atoms with Gasteiger partial charge in [-0.2, -0.15) is 0 Å². The van der Waals surface area contributed by atoms with Gasteiger partial charge < -0.3 is 9.84 Å². The number of rotatable bonds is 8. The zero-order chi connectivity index (χ0) is 14.2. The Morgan fingerprint density at radius 2 is 1.56 bits per heavy atom. The van der Waals surface area contributed by atoms with Crippen molar-refractivity contribution in [2.75, 3.05) is 0 Å². The Balaban J connectivity index is 0. The number of aliphatic carboxylic acids is 1. The number of carboxylic acid groups (broad SMARTS) is 1. The fourth-order valence-electron chi connectivity index (χ4n) is 1.25. The first-order valence-electron chi connectivity index (χ1n) is 6.52. The van der Waals surface area contributed by atoms with Crippen LogP contribution >= 0.6 is 0 Å². The molecule has 0 amide bonds. The standard InChI is InChI=1S/C12H22O2.C2H4O2/c1-3-4-5-6-7-8-9-10-11-14-12(2)13;1-2(3)4/h10-11H,3-9H2,1-2H3;1H3,(H,3,4). The number of carbonyl (C=O) groups is 2. The highest BCUT2D eigenvalue weighted by atomic mass is 16.5. The van der Waals surface area contributed by atoms with Gasteiger partial charge in [-0.25, -0.2) is 0 Å². The molecule has 0 aliphatic heterocycles. The van der Waals surface area contributed by atoms with Crippen LogP contribution in [0, 0.1) is 0 Å². The zero-order valence-electron chi connectivity index (χ0n) is 11.8.